The van der Waals surface area contributed by atoms with E-state index < -0.39 is 6.04 Å². The molecule has 0 bridgehead atoms. The van der Waals surface area contributed by atoms with E-state index >= 15 is 0 Å². The third-order valence-electron chi connectivity index (χ3n) is 4.76. The lowest BCUT2D eigenvalue weighted by Gasteiger charge is -2.37. The average molecular weight is 342 g/mol. The van der Waals surface area contributed by atoms with Crippen LogP contribution in [0, 0.1) is 0 Å². The molecule has 2 aromatic rings. The molecule has 1 N–H and O–H groups in total. The van der Waals surface area contributed by atoms with Crippen LogP contribution in [0.5, 0.6) is 0 Å². The van der Waals surface area contributed by atoms with E-state index in [9.17, 15) is 9.90 Å². The highest BCUT2D eigenvalue weighted by Crippen LogP contribution is 2.21. The second-order valence-corrected chi connectivity index (χ2v) is 6.49. The lowest BCUT2D eigenvalue weighted by molar-refractivity contribution is -0.135. The molecule has 1 aromatic carbocycles. The van der Waals surface area contributed by atoms with Crippen molar-refractivity contribution in [2.45, 2.75) is 25.5 Å². The molecule has 2 atom stereocenters. The maximum absolute atomic E-state index is 13.2. The molecule has 0 spiro atoms. The number of carbonyl (C=O) groups excluding carboxylic acids is 1. The predicted molar refractivity (Wildman–Crippen MR) is 96.1 cm³/mol. The van der Waals surface area contributed by atoms with Gasteiger partial charge in [0.2, 0.25) is 0 Å². The highest BCUT2D eigenvalue weighted by Gasteiger charge is 2.30. The summed E-state index contributed by atoms with van der Waals surface area (Å²) < 4.78 is 1.73. The van der Waals surface area contributed by atoms with Gasteiger partial charge in [0.25, 0.3) is 5.91 Å². The number of hydrogen-bond acceptors (Lipinski definition) is 4. The number of aliphatic hydroxyl groups is 1. The molecule has 0 saturated carbocycles. The Morgan fingerprint density at radius 2 is 1.88 bits per heavy atom. The maximum atomic E-state index is 13.2. The Balaban J connectivity index is 1.70. The van der Waals surface area contributed by atoms with E-state index in [4.69, 9.17) is 0 Å². The van der Waals surface area contributed by atoms with Crippen LogP contribution in [0.1, 0.15) is 24.9 Å². The second kappa shape index (κ2) is 8.27. The zero-order valence-corrected chi connectivity index (χ0v) is 14.7. The Kier molecular flexibility index (Phi) is 5.83. The molecule has 1 fully saturated rings. The Labute approximate surface area is 148 Å². The van der Waals surface area contributed by atoms with Crippen LogP contribution in [0.15, 0.2) is 48.8 Å². The number of carbonyl (C=O) groups is 1. The summed E-state index contributed by atoms with van der Waals surface area (Å²) in [5.41, 5.74) is 0.944. The molecule has 25 heavy (non-hydrogen) atoms. The van der Waals surface area contributed by atoms with Gasteiger partial charge in [0, 0.05) is 45.1 Å². The van der Waals surface area contributed by atoms with E-state index in [0.717, 1.165) is 25.1 Å². The van der Waals surface area contributed by atoms with Crippen LogP contribution in [-0.2, 0) is 4.79 Å². The van der Waals surface area contributed by atoms with E-state index in [1.807, 2.05) is 54.4 Å². The molecular formula is C19H26N4O2. The molecule has 6 heteroatoms. The zero-order chi connectivity index (χ0) is 17.6. The molecule has 1 amide bonds. The number of rotatable bonds is 6. The number of piperazine rings is 1. The molecule has 0 unspecified atom stereocenters. The summed E-state index contributed by atoms with van der Waals surface area (Å²) in [6.07, 6.45) is 4.01. The summed E-state index contributed by atoms with van der Waals surface area (Å²) in [4.78, 5) is 17.3. The van der Waals surface area contributed by atoms with Crippen LogP contribution in [-0.4, -0.2) is 69.4 Å². The van der Waals surface area contributed by atoms with Crippen molar-refractivity contribution in [1.29, 1.82) is 0 Å². The summed E-state index contributed by atoms with van der Waals surface area (Å²) >= 11 is 0. The van der Waals surface area contributed by atoms with Crippen LogP contribution in [0.3, 0.4) is 0 Å². The van der Waals surface area contributed by atoms with Gasteiger partial charge in [0.15, 0.2) is 6.04 Å². The van der Waals surface area contributed by atoms with Crippen molar-refractivity contribution >= 4 is 5.91 Å². The smallest absolute Gasteiger partial charge is 0.252 e. The van der Waals surface area contributed by atoms with Crippen LogP contribution >= 0.6 is 0 Å². The molecule has 134 valence electrons. The molecule has 0 radical (unpaired) electrons. The van der Waals surface area contributed by atoms with Crippen LogP contribution < -0.4 is 0 Å². The molecule has 3 rings (SSSR count). The first-order valence-electron chi connectivity index (χ1n) is 8.92. The molecule has 1 aliphatic heterocycles. The van der Waals surface area contributed by atoms with Gasteiger partial charge in [-0.3, -0.25) is 14.4 Å². The van der Waals surface area contributed by atoms with Crippen molar-refractivity contribution in [1.82, 2.24) is 19.6 Å². The normalized spacial score (nSPS) is 18.1. The molecule has 1 saturated heterocycles. The van der Waals surface area contributed by atoms with Gasteiger partial charge < -0.3 is 10.0 Å². The van der Waals surface area contributed by atoms with Gasteiger partial charge in [-0.1, -0.05) is 37.3 Å². The van der Waals surface area contributed by atoms with Crippen molar-refractivity contribution < 1.29 is 9.90 Å². The highest BCUT2D eigenvalue weighted by atomic mass is 16.3. The molecular weight excluding hydrogens is 316 g/mol. The topological polar surface area (TPSA) is 61.6 Å². The molecule has 2 heterocycles. The van der Waals surface area contributed by atoms with Crippen molar-refractivity contribution in [2.75, 3.05) is 32.7 Å². The van der Waals surface area contributed by atoms with Crippen LogP contribution in [0.4, 0.5) is 0 Å². The van der Waals surface area contributed by atoms with Crippen LogP contribution in [0.2, 0.25) is 0 Å². The third-order valence-corrected chi connectivity index (χ3v) is 4.76. The fraction of sp³-hybridized carbons (Fsp3) is 0.474. The minimum Gasteiger partial charge on any atom is -0.392 e. The molecule has 1 aromatic heterocycles. The summed E-state index contributed by atoms with van der Waals surface area (Å²) in [7, 11) is 0. The molecule has 6 nitrogen and oxygen atoms in total. The molecule has 0 aliphatic carbocycles. The SMILES string of the molecule is CC[C@H](O)CN1CCN(C(=O)[C@H](c2ccccc2)n2cccn2)CC1. The lowest BCUT2D eigenvalue weighted by atomic mass is 10.1. The Bertz CT molecular complexity index is 651. The number of aliphatic hydroxyl groups excluding tert-OH is 1. The summed E-state index contributed by atoms with van der Waals surface area (Å²) in [5.74, 6) is 0.0746. The zero-order valence-electron chi connectivity index (χ0n) is 14.7. The minimum absolute atomic E-state index is 0.0746. The number of benzene rings is 1. The Morgan fingerprint density at radius 3 is 2.48 bits per heavy atom. The van der Waals surface area contributed by atoms with Gasteiger partial charge in [-0.05, 0) is 18.1 Å². The Hall–Kier alpha value is -2.18. The van der Waals surface area contributed by atoms with Gasteiger partial charge in [0.1, 0.15) is 0 Å². The fourth-order valence-corrected chi connectivity index (χ4v) is 3.23. The van der Waals surface area contributed by atoms with Gasteiger partial charge in [-0.15, -0.1) is 0 Å². The quantitative estimate of drug-likeness (QED) is 0.862. The van der Waals surface area contributed by atoms with Gasteiger partial charge in [-0.25, -0.2) is 0 Å². The summed E-state index contributed by atoms with van der Waals surface area (Å²) in [6.45, 7) is 5.62. The van der Waals surface area contributed by atoms with E-state index in [1.165, 1.54) is 0 Å². The first-order chi connectivity index (χ1) is 12.2. The summed E-state index contributed by atoms with van der Waals surface area (Å²) in [5, 5.41) is 14.1. The third kappa shape index (κ3) is 4.27. The van der Waals surface area contributed by atoms with E-state index in [0.29, 0.717) is 19.6 Å². The fourth-order valence-electron chi connectivity index (χ4n) is 3.23. The van der Waals surface area contributed by atoms with Crippen molar-refractivity contribution in [3.8, 4) is 0 Å². The Morgan fingerprint density at radius 1 is 1.16 bits per heavy atom. The number of β-amino-alcohol motifs (C(OH)–C–C–N with tert-alkyl or cyclic N) is 1. The number of hydrogen-bond donors (Lipinski definition) is 1. The average Bonchev–Trinajstić information content (AvgIpc) is 3.17. The van der Waals surface area contributed by atoms with E-state index in [2.05, 4.69) is 10.00 Å². The summed E-state index contributed by atoms with van der Waals surface area (Å²) in [6, 6.07) is 11.2. The number of nitrogens with zero attached hydrogens (tertiary/aromatic N) is 4. The van der Waals surface area contributed by atoms with Crippen LogP contribution in [0.25, 0.3) is 0 Å². The number of aromatic nitrogens is 2. The van der Waals surface area contributed by atoms with Crippen molar-refractivity contribution in [3.05, 3.63) is 54.4 Å². The van der Waals surface area contributed by atoms with Gasteiger partial charge in [0.05, 0.1) is 6.10 Å². The minimum atomic E-state index is -0.427. The van der Waals surface area contributed by atoms with Crippen molar-refractivity contribution in [3.63, 3.8) is 0 Å². The second-order valence-electron chi connectivity index (χ2n) is 6.49. The van der Waals surface area contributed by atoms with Gasteiger partial charge in [-0.2, -0.15) is 5.10 Å². The molecule has 1 aliphatic rings. The van der Waals surface area contributed by atoms with E-state index in [1.54, 1.807) is 10.9 Å². The largest absolute Gasteiger partial charge is 0.392 e. The lowest BCUT2D eigenvalue weighted by Crippen LogP contribution is -2.52. The first-order valence-corrected chi connectivity index (χ1v) is 8.92. The highest BCUT2D eigenvalue weighted by molar-refractivity contribution is 5.83. The standard InChI is InChI=1S/C19H26N4O2/c1-2-17(24)15-21-11-13-22(14-12-21)19(25)18(23-10-6-9-20-23)16-7-4-3-5-8-16/h3-10,17-18,24H,2,11-15H2,1H3/t17-,18-/m0/s1. The monoisotopic (exact) mass is 342 g/mol. The van der Waals surface area contributed by atoms with Crippen molar-refractivity contribution in [2.24, 2.45) is 0 Å². The predicted octanol–water partition coefficient (Wildman–Crippen LogP) is 1.39. The van der Waals surface area contributed by atoms with E-state index in [-0.39, 0.29) is 12.0 Å². The number of amides is 1. The maximum Gasteiger partial charge on any atom is 0.252 e. The first kappa shape index (κ1) is 17.6. The van der Waals surface area contributed by atoms with Gasteiger partial charge >= 0.3 is 0 Å².